The molecule has 2 amide bonds. The van der Waals surface area contributed by atoms with E-state index in [4.69, 9.17) is 5.73 Å². The Labute approximate surface area is 53.8 Å². The SMILES string of the molecule is NC(=O)N1CC2CC2C1. The molecule has 0 spiro atoms. The number of nitrogens with zero attached hydrogens (tertiary/aromatic N) is 1. The lowest BCUT2D eigenvalue weighted by molar-refractivity contribution is 0.213. The maximum absolute atomic E-state index is 10.5. The highest BCUT2D eigenvalue weighted by Crippen LogP contribution is 2.44. The molecule has 0 aromatic rings. The Morgan fingerprint density at radius 1 is 1.44 bits per heavy atom. The van der Waals surface area contributed by atoms with Gasteiger partial charge in [-0.3, -0.25) is 0 Å². The number of urea groups is 1. The van der Waals surface area contributed by atoms with Gasteiger partial charge in [0.15, 0.2) is 0 Å². The molecule has 0 radical (unpaired) electrons. The average molecular weight is 126 g/mol. The number of carbonyl (C=O) groups excluding carboxylic acids is 1. The molecule has 1 saturated heterocycles. The van der Waals surface area contributed by atoms with Crippen molar-refractivity contribution in [2.24, 2.45) is 17.6 Å². The van der Waals surface area contributed by atoms with Gasteiger partial charge in [0.05, 0.1) is 0 Å². The second kappa shape index (κ2) is 1.40. The fourth-order valence-corrected chi connectivity index (χ4v) is 1.58. The lowest BCUT2D eigenvalue weighted by Crippen LogP contribution is -2.34. The Hall–Kier alpha value is -0.730. The van der Waals surface area contributed by atoms with Crippen molar-refractivity contribution in [1.82, 2.24) is 4.90 Å². The molecule has 1 saturated carbocycles. The van der Waals surface area contributed by atoms with Crippen LogP contribution in [0.5, 0.6) is 0 Å². The number of fused-ring (bicyclic) bond motifs is 1. The Morgan fingerprint density at radius 3 is 2.33 bits per heavy atom. The van der Waals surface area contributed by atoms with E-state index in [-0.39, 0.29) is 6.03 Å². The van der Waals surface area contributed by atoms with Crippen LogP contribution in [-0.2, 0) is 0 Å². The van der Waals surface area contributed by atoms with Gasteiger partial charge >= 0.3 is 6.03 Å². The third kappa shape index (κ3) is 0.677. The zero-order chi connectivity index (χ0) is 6.43. The van der Waals surface area contributed by atoms with E-state index in [2.05, 4.69) is 0 Å². The largest absolute Gasteiger partial charge is 0.351 e. The summed E-state index contributed by atoms with van der Waals surface area (Å²) in [5.41, 5.74) is 5.07. The van der Waals surface area contributed by atoms with E-state index < -0.39 is 0 Å². The van der Waals surface area contributed by atoms with Crippen molar-refractivity contribution < 1.29 is 4.79 Å². The normalized spacial score (nSPS) is 38.4. The molecule has 1 heterocycles. The molecular formula is C6H10N2O. The van der Waals surface area contributed by atoms with E-state index in [0.717, 1.165) is 24.9 Å². The summed E-state index contributed by atoms with van der Waals surface area (Å²) in [6.07, 6.45) is 1.32. The van der Waals surface area contributed by atoms with Crippen LogP contribution in [0.4, 0.5) is 4.79 Å². The molecule has 9 heavy (non-hydrogen) atoms. The van der Waals surface area contributed by atoms with Crippen molar-refractivity contribution in [2.75, 3.05) is 13.1 Å². The zero-order valence-corrected chi connectivity index (χ0v) is 5.21. The number of rotatable bonds is 0. The van der Waals surface area contributed by atoms with Crippen LogP contribution in [0.25, 0.3) is 0 Å². The molecule has 0 bridgehead atoms. The van der Waals surface area contributed by atoms with E-state index in [9.17, 15) is 4.79 Å². The maximum atomic E-state index is 10.5. The number of primary amides is 1. The Kier molecular flexibility index (Phi) is 0.793. The number of nitrogens with two attached hydrogens (primary N) is 1. The lowest BCUT2D eigenvalue weighted by Gasteiger charge is -2.13. The first kappa shape index (κ1) is 5.09. The summed E-state index contributed by atoms with van der Waals surface area (Å²) < 4.78 is 0. The van der Waals surface area contributed by atoms with Crippen LogP contribution in [0, 0.1) is 11.8 Å². The van der Waals surface area contributed by atoms with Crippen molar-refractivity contribution in [1.29, 1.82) is 0 Å². The Bertz CT molecular complexity index is 147. The summed E-state index contributed by atoms with van der Waals surface area (Å²) in [6.45, 7) is 1.83. The molecule has 2 N–H and O–H groups in total. The summed E-state index contributed by atoms with van der Waals surface area (Å²) in [7, 11) is 0. The van der Waals surface area contributed by atoms with Gasteiger partial charge in [-0.2, -0.15) is 0 Å². The van der Waals surface area contributed by atoms with Gasteiger partial charge in [-0.05, 0) is 18.3 Å². The smallest absolute Gasteiger partial charge is 0.314 e. The highest BCUT2D eigenvalue weighted by molar-refractivity contribution is 5.72. The fraction of sp³-hybridized carbons (Fsp3) is 0.833. The molecule has 3 heteroatoms. The lowest BCUT2D eigenvalue weighted by atomic mass is 10.4. The summed E-state index contributed by atoms with van der Waals surface area (Å²) in [5.74, 6) is 1.61. The summed E-state index contributed by atoms with van der Waals surface area (Å²) in [4.78, 5) is 12.3. The zero-order valence-electron chi connectivity index (χ0n) is 5.21. The molecule has 1 aliphatic carbocycles. The number of amides is 2. The molecule has 2 atom stereocenters. The molecule has 1 aliphatic heterocycles. The molecule has 2 fully saturated rings. The predicted octanol–water partition coefficient (Wildman–Crippen LogP) is 0.0168. The quantitative estimate of drug-likeness (QED) is 0.488. The summed E-state index contributed by atoms with van der Waals surface area (Å²) in [6, 6.07) is -0.248. The van der Waals surface area contributed by atoms with Crippen molar-refractivity contribution >= 4 is 6.03 Å². The standard InChI is InChI=1S/C6H10N2O/c7-6(9)8-2-4-1-5(4)3-8/h4-5H,1-3H2,(H2,7,9). The minimum Gasteiger partial charge on any atom is -0.351 e. The van der Waals surface area contributed by atoms with Gasteiger partial charge in [-0.15, -0.1) is 0 Å². The molecule has 2 aliphatic rings. The van der Waals surface area contributed by atoms with Crippen molar-refractivity contribution in [3.05, 3.63) is 0 Å². The van der Waals surface area contributed by atoms with Gasteiger partial charge in [-0.25, -0.2) is 4.79 Å². The monoisotopic (exact) mass is 126 g/mol. The van der Waals surface area contributed by atoms with E-state index in [0.29, 0.717) is 0 Å². The van der Waals surface area contributed by atoms with Crippen molar-refractivity contribution in [2.45, 2.75) is 6.42 Å². The molecule has 3 nitrogen and oxygen atoms in total. The summed E-state index contributed by atoms with van der Waals surface area (Å²) in [5, 5.41) is 0. The van der Waals surface area contributed by atoms with Crippen LogP contribution in [0.1, 0.15) is 6.42 Å². The Balaban J connectivity index is 1.97. The second-order valence-electron chi connectivity index (χ2n) is 3.00. The van der Waals surface area contributed by atoms with Crippen LogP contribution in [0.2, 0.25) is 0 Å². The number of hydrogen-bond acceptors (Lipinski definition) is 1. The third-order valence-corrected chi connectivity index (χ3v) is 2.29. The average Bonchev–Trinajstić information content (AvgIpc) is 2.40. The van der Waals surface area contributed by atoms with E-state index in [1.807, 2.05) is 0 Å². The third-order valence-electron chi connectivity index (χ3n) is 2.29. The second-order valence-corrected chi connectivity index (χ2v) is 3.00. The van der Waals surface area contributed by atoms with Gasteiger partial charge in [0, 0.05) is 13.1 Å². The van der Waals surface area contributed by atoms with Crippen molar-refractivity contribution in [3.63, 3.8) is 0 Å². The van der Waals surface area contributed by atoms with Crippen LogP contribution >= 0.6 is 0 Å². The van der Waals surface area contributed by atoms with Gasteiger partial charge in [0.1, 0.15) is 0 Å². The number of hydrogen-bond donors (Lipinski definition) is 1. The van der Waals surface area contributed by atoms with Crippen LogP contribution in [0.15, 0.2) is 0 Å². The topological polar surface area (TPSA) is 46.3 Å². The number of piperidine rings is 1. The van der Waals surface area contributed by atoms with E-state index in [1.54, 1.807) is 4.90 Å². The van der Waals surface area contributed by atoms with Crippen LogP contribution in [0.3, 0.4) is 0 Å². The van der Waals surface area contributed by atoms with E-state index in [1.165, 1.54) is 6.42 Å². The minimum absolute atomic E-state index is 0.248. The van der Waals surface area contributed by atoms with E-state index >= 15 is 0 Å². The molecule has 0 aromatic carbocycles. The minimum atomic E-state index is -0.248. The van der Waals surface area contributed by atoms with Gasteiger partial charge in [0.25, 0.3) is 0 Å². The summed E-state index contributed by atoms with van der Waals surface area (Å²) >= 11 is 0. The van der Waals surface area contributed by atoms with Gasteiger partial charge < -0.3 is 10.6 Å². The Morgan fingerprint density at radius 2 is 2.00 bits per heavy atom. The first-order valence-electron chi connectivity index (χ1n) is 3.32. The number of carbonyl (C=O) groups is 1. The number of likely N-dealkylation sites (tertiary alicyclic amines) is 1. The molecule has 0 aromatic heterocycles. The first-order valence-corrected chi connectivity index (χ1v) is 3.32. The first-order chi connectivity index (χ1) is 4.27. The fourth-order valence-electron chi connectivity index (χ4n) is 1.58. The molecular weight excluding hydrogens is 116 g/mol. The van der Waals surface area contributed by atoms with Crippen LogP contribution in [-0.4, -0.2) is 24.0 Å². The highest BCUT2D eigenvalue weighted by Gasteiger charge is 2.46. The maximum Gasteiger partial charge on any atom is 0.314 e. The molecule has 2 rings (SSSR count). The predicted molar refractivity (Wildman–Crippen MR) is 32.8 cm³/mol. The van der Waals surface area contributed by atoms with Crippen molar-refractivity contribution in [3.8, 4) is 0 Å². The molecule has 50 valence electrons. The van der Waals surface area contributed by atoms with Crippen LogP contribution < -0.4 is 5.73 Å². The van der Waals surface area contributed by atoms with Gasteiger partial charge in [-0.1, -0.05) is 0 Å². The highest BCUT2D eigenvalue weighted by atomic mass is 16.2. The molecule has 2 unspecified atom stereocenters. The van der Waals surface area contributed by atoms with Gasteiger partial charge in [0.2, 0.25) is 0 Å².